The minimum atomic E-state index is 0.251. The average molecular weight is 234 g/mol. The maximum absolute atomic E-state index is 4.33. The van der Waals surface area contributed by atoms with Crippen molar-refractivity contribution in [2.24, 2.45) is 5.92 Å². The van der Waals surface area contributed by atoms with E-state index in [1.54, 1.807) is 0 Å². The van der Waals surface area contributed by atoms with E-state index in [2.05, 4.69) is 33.9 Å². The fraction of sp³-hybridized carbons (Fsp3) is 0.846. The molecule has 1 aliphatic carbocycles. The molecular formula is C13H22N4. The first-order valence-electron chi connectivity index (χ1n) is 6.83. The minimum absolute atomic E-state index is 0.251. The summed E-state index contributed by atoms with van der Waals surface area (Å²) >= 11 is 0. The van der Waals surface area contributed by atoms with Crippen molar-refractivity contribution in [3.8, 4) is 0 Å². The lowest BCUT2D eigenvalue weighted by molar-refractivity contribution is 0.331. The topological polar surface area (TPSA) is 42.7 Å². The van der Waals surface area contributed by atoms with Crippen molar-refractivity contribution in [1.29, 1.82) is 0 Å². The van der Waals surface area contributed by atoms with Gasteiger partial charge in [-0.05, 0) is 45.4 Å². The third-order valence-corrected chi connectivity index (χ3v) is 4.24. The number of hydrogen-bond donors (Lipinski definition) is 1. The summed E-state index contributed by atoms with van der Waals surface area (Å²) in [5.41, 5.74) is 0.251. The van der Waals surface area contributed by atoms with Gasteiger partial charge in [-0.1, -0.05) is 0 Å². The van der Waals surface area contributed by atoms with Crippen LogP contribution in [0.5, 0.6) is 0 Å². The quantitative estimate of drug-likeness (QED) is 0.865. The van der Waals surface area contributed by atoms with Gasteiger partial charge in [0.1, 0.15) is 11.6 Å². The Morgan fingerprint density at radius 2 is 2.12 bits per heavy atom. The summed E-state index contributed by atoms with van der Waals surface area (Å²) < 4.78 is 2.31. The van der Waals surface area contributed by atoms with Gasteiger partial charge >= 0.3 is 0 Å². The van der Waals surface area contributed by atoms with E-state index in [0.717, 1.165) is 31.3 Å². The van der Waals surface area contributed by atoms with E-state index in [1.165, 1.54) is 31.5 Å². The molecule has 0 saturated heterocycles. The molecule has 0 aromatic carbocycles. The van der Waals surface area contributed by atoms with E-state index in [0.29, 0.717) is 0 Å². The normalized spacial score (nSPS) is 20.4. The van der Waals surface area contributed by atoms with Crippen LogP contribution in [0.4, 0.5) is 0 Å². The smallest absolute Gasteiger partial charge is 0.147 e. The highest BCUT2D eigenvalue weighted by molar-refractivity contribution is 5.01. The number of nitrogens with one attached hydrogen (secondary N) is 1. The van der Waals surface area contributed by atoms with E-state index in [-0.39, 0.29) is 5.54 Å². The Labute approximate surface area is 103 Å². The van der Waals surface area contributed by atoms with Crippen molar-refractivity contribution in [3.05, 3.63) is 11.6 Å². The third-order valence-electron chi connectivity index (χ3n) is 4.24. The van der Waals surface area contributed by atoms with Crippen molar-refractivity contribution < 1.29 is 0 Å². The monoisotopic (exact) mass is 234 g/mol. The molecule has 1 fully saturated rings. The molecule has 1 N–H and O–H groups in total. The lowest BCUT2D eigenvalue weighted by Gasteiger charge is -2.26. The first kappa shape index (κ1) is 11.2. The van der Waals surface area contributed by atoms with Gasteiger partial charge < -0.3 is 9.88 Å². The van der Waals surface area contributed by atoms with Crippen LogP contribution in [0.25, 0.3) is 0 Å². The lowest BCUT2D eigenvalue weighted by Crippen LogP contribution is -2.41. The molecule has 4 nitrogen and oxygen atoms in total. The van der Waals surface area contributed by atoms with Gasteiger partial charge in [-0.15, -0.1) is 10.2 Å². The number of hydrogen-bond acceptors (Lipinski definition) is 3. The van der Waals surface area contributed by atoms with Gasteiger partial charge in [-0.25, -0.2) is 0 Å². The maximum atomic E-state index is 4.33. The van der Waals surface area contributed by atoms with Crippen LogP contribution >= 0.6 is 0 Å². The van der Waals surface area contributed by atoms with Crippen molar-refractivity contribution >= 4 is 0 Å². The second-order valence-electron chi connectivity index (χ2n) is 5.99. The van der Waals surface area contributed by atoms with Gasteiger partial charge in [0.05, 0.1) is 6.54 Å². The molecule has 1 aliphatic heterocycles. The molecule has 0 radical (unpaired) electrons. The van der Waals surface area contributed by atoms with Gasteiger partial charge in [0.25, 0.3) is 0 Å². The summed E-state index contributed by atoms with van der Waals surface area (Å²) in [5, 5.41) is 12.3. The molecule has 17 heavy (non-hydrogen) atoms. The van der Waals surface area contributed by atoms with Crippen LogP contribution in [0.2, 0.25) is 0 Å². The summed E-state index contributed by atoms with van der Waals surface area (Å²) in [4.78, 5) is 0. The molecule has 0 unspecified atom stereocenters. The Morgan fingerprint density at radius 1 is 1.29 bits per heavy atom. The van der Waals surface area contributed by atoms with Crippen molar-refractivity contribution in [2.75, 3.05) is 0 Å². The summed E-state index contributed by atoms with van der Waals surface area (Å²) in [7, 11) is 0. The number of nitrogens with zero attached hydrogens (tertiary/aromatic N) is 3. The molecule has 94 valence electrons. The molecule has 2 aliphatic rings. The molecule has 0 spiro atoms. The second kappa shape index (κ2) is 4.09. The van der Waals surface area contributed by atoms with Crippen LogP contribution in [-0.2, 0) is 19.5 Å². The van der Waals surface area contributed by atoms with Crippen molar-refractivity contribution in [1.82, 2.24) is 20.1 Å². The zero-order valence-electron chi connectivity index (χ0n) is 10.9. The molecule has 0 bridgehead atoms. The molecule has 1 saturated carbocycles. The Balaban J connectivity index is 1.66. The summed E-state index contributed by atoms with van der Waals surface area (Å²) in [6.45, 7) is 6.57. The number of rotatable bonds is 4. The Bertz CT molecular complexity index is 404. The van der Waals surface area contributed by atoms with Crippen molar-refractivity contribution in [3.63, 3.8) is 0 Å². The number of aromatic nitrogens is 3. The van der Waals surface area contributed by atoms with Gasteiger partial charge in [0, 0.05) is 18.5 Å². The zero-order valence-corrected chi connectivity index (χ0v) is 10.9. The van der Waals surface area contributed by atoms with Gasteiger partial charge in [-0.3, -0.25) is 0 Å². The Hall–Kier alpha value is -0.900. The number of fused-ring (bicyclic) bond motifs is 1. The summed E-state index contributed by atoms with van der Waals surface area (Å²) in [5.74, 6) is 3.15. The summed E-state index contributed by atoms with van der Waals surface area (Å²) in [6.07, 6.45) is 6.37. The van der Waals surface area contributed by atoms with E-state index < -0.39 is 0 Å². The highest BCUT2D eigenvalue weighted by atomic mass is 15.3. The number of aryl methyl sites for hydroxylation is 1. The van der Waals surface area contributed by atoms with E-state index in [9.17, 15) is 0 Å². The molecule has 1 aromatic rings. The first-order valence-corrected chi connectivity index (χ1v) is 6.83. The third kappa shape index (κ3) is 2.23. The van der Waals surface area contributed by atoms with Crippen LogP contribution in [0, 0.1) is 5.92 Å². The largest absolute Gasteiger partial charge is 0.314 e. The van der Waals surface area contributed by atoms with Crippen LogP contribution < -0.4 is 5.32 Å². The van der Waals surface area contributed by atoms with Crippen LogP contribution in [0.1, 0.15) is 51.2 Å². The fourth-order valence-electron chi connectivity index (χ4n) is 2.76. The van der Waals surface area contributed by atoms with Gasteiger partial charge in [0.2, 0.25) is 0 Å². The van der Waals surface area contributed by atoms with Crippen molar-refractivity contribution in [2.45, 2.75) is 64.6 Å². The molecule has 2 heterocycles. The molecule has 0 amide bonds. The van der Waals surface area contributed by atoms with Gasteiger partial charge in [-0.2, -0.15) is 0 Å². The molecule has 1 aromatic heterocycles. The van der Waals surface area contributed by atoms with E-state index in [1.807, 2.05) is 0 Å². The highest BCUT2D eigenvalue weighted by Crippen LogP contribution is 2.39. The zero-order chi connectivity index (χ0) is 11.9. The standard InChI is InChI=1S/C13H22N4/c1-13(2,10-6-7-10)14-9-12-16-15-11-5-3-4-8-17(11)12/h10,14H,3-9H2,1-2H3. The first-order chi connectivity index (χ1) is 8.17. The second-order valence-corrected chi connectivity index (χ2v) is 5.99. The average Bonchev–Trinajstić information content (AvgIpc) is 3.09. The van der Waals surface area contributed by atoms with Crippen LogP contribution in [0.3, 0.4) is 0 Å². The SMILES string of the molecule is CC(C)(NCc1nnc2n1CCCC2)C1CC1. The fourth-order valence-corrected chi connectivity index (χ4v) is 2.76. The Kier molecular flexibility index (Phi) is 2.69. The van der Waals surface area contributed by atoms with E-state index in [4.69, 9.17) is 0 Å². The molecule has 3 rings (SSSR count). The molecule has 4 heteroatoms. The van der Waals surface area contributed by atoms with Gasteiger partial charge in [0.15, 0.2) is 0 Å². The predicted octanol–water partition coefficient (Wildman–Crippen LogP) is 1.89. The van der Waals surface area contributed by atoms with Crippen LogP contribution in [0.15, 0.2) is 0 Å². The predicted molar refractivity (Wildman–Crippen MR) is 66.6 cm³/mol. The highest BCUT2D eigenvalue weighted by Gasteiger charge is 2.37. The summed E-state index contributed by atoms with van der Waals surface area (Å²) in [6, 6.07) is 0. The molecular weight excluding hydrogens is 212 g/mol. The van der Waals surface area contributed by atoms with E-state index >= 15 is 0 Å². The van der Waals surface area contributed by atoms with Crippen LogP contribution in [-0.4, -0.2) is 20.3 Å². The Morgan fingerprint density at radius 3 is 2.88 bits per heavy atom. The lowest BCUT2D eigenvalue weighted by atomic mass is 9.99. The molecule has 0 atom stereocenters. The maximum Gasteiger partial charge on any atom is 0.147 e. The minimum Gasteiger partial charge on any atom is -0.314 e.